The highest BCUT2D eigenvalue weighted by molar-refractivity contribution is 5.39. The van der Waals surface area contributed by atoms with E-state index in [2.05, 4.69) is 36.1 Å². The Morgan fingerprint density at radius 3 is 1.75 bits per heavy atom. The van der Waals surface area contributed by atoms with Crippen molar-refractivity contribution in [1.82, 2.24) is 4.90 Å². The predicted molar refractivity (Wildman–Crippen MR) is 83.0 cm³/mol. The zero-order valence-corrected chi connectivity index (χ0v) is 11.9. The van der Waals surface area contributed by atoms with Gasteiger partial charge in [-0.1, -0.05) is 43.3 Å². The van der Waals surface area contributed by atoms with Gasteiger partial charge in [0.05, 0.1) is 6.61 Å². The summed E-state index contributed by atoms with van der Waals surface area (Å²) in [6.45, 7) is 5.08. The Labute approximate surface area is 120 Å². The van der Waals surface area contributed by atoms with Crippen LogP contribution in [0.15, 0.2) is 48.5 Å². The largest absolute Gasteiger partial charge is 0.399 e. The van der Waals surface area contributed by atoms with Crippen molar-refractivity contribution < 1.29 is 5.11 Å². The van der Waals surface area contributed by atoms with Gasteiger partial charge in [0.15, 0.2) is 0 Å². The summed E-state index contributed by atoms with van der Waals surface area (Å²) in [7, 11) is 0. The van der Waals surface area contributed by atoms with Gasteiger partial charge in [-0.3, -0.25) is 4.90 Å². The van der Waals surface area contributed by atoms with Crippen molar-refractivity contribution in [3.8, 4) is 0 Å². The van der Waals surface area contributed by atoms with Crippen LogP contribution in [0.4, 0.5) is 5.69 Å². The molecule has 0 unspecified atom stereocenters. The first-order valence-corrected chi connectivity index (χ1v) is 6.96. The zero-order chi connectivity index (χ0) is 14.4. The molecule has 3 N–H and O–H groups in total. The number of rotatable bonds is 6. The Bertz CT molecular complexity index is 520. The summed E-state index contributed by atoms with van der Waals surface area (Å²) in [6.07, 6.45) is 0. The van der Waals surface area contributed by atoms with E-state index in [-0.39, 0.29) is 6.61 Å². The molecule has 0 saturated heterocycles. The number of hydrogen-bond donors (Lipinski definition) is 2. The molecule has 2 rings (SSSR count). The van der Waals surface area contributed by atoms with Crippen LogP contribution in [0.1, 0.15) is 23.6 Å². The number of benzene rings is 2. The van der Waals surface area contributed by atoms with Crippen LogP contribution < -0.4 is 5.73 Å². The Kier molecular flexibility index (Phi) is 5.16. The van der Waals surface area contributed by atoms with Gasteiger partial charge in [0.2, 0.25) is 0 Å². The van der Waals surface area contributed by atoms with Gasteiger partial charge < -0.3 is 10.8 Å². The molecule has 2 aromatic rings. The predicted octanol–water partition coefficient (Wildman–Crippen LogP) is 2.78. The minimum absolute atomic E-state index is 0.100. The summed E-state index contributed by atoms with van der Waals surface area (Å²) in [5, 5.41) is 9.05. The van der Waals surface area contributed by atoms with Gasteiger partial charge in [-0.05, 0) is 35.4 Å². The smallest absolute Gasteiger partial charge is 0.0681 e. The van der Waals surface area contributed by atoms with Gasteiger partial charge in [-0.15, -0.1) is 0 Å². The zero-order valence-electron chi connectivity index (χ0n) is 11.9. The van der Waals surface area contributed by atoms with Crippen molar-refractivity contribution in [2.75, 3.05) is 12.3 Å². The molecular formula is C17H22N2O. The van der Waals surface area contributed by atoms with Crippen molar-refractivity contribution in [2.45, 2.75) is 26.6 Å². The number of aliphatic hydroxyl groups is 1. The molecule has 0 aromatic heterocycles. The maximum Gasteiger partial charge on any atom is 0.0681 e. The van der Waals surface area contributed by atoms with Gasteiger partial charge in [-0.25, -0.2) is 0 Å². The Morgan fingerprint density at radius 2 is 1.30 bits per heavy atom. The van der Waals surface area contributed by atoms with Gasteiger partial charge in [0.25, 0.3) is 0 Å². The maximum absolute atomic E-state index is 9.05. The van der Waals surface area contributed by atoms with Gasteiger partial charge in [0, 0.05) is 18.8 Å². The average molecular weight is 270 g/mol. The Hall–Kier alpha value is -1.84. The number of anilines is 1. The quantitative estimate of drug-likeness (QED) is 0.794. The summed E-state index contributed by atoms with van der Waals surface area (Å²) in [5.41, 5.74) is 10.00. The minimum atomic E-state index is 0.100. The summed E-state index contributed by atoms with van der Waals surface area (Å²) in [6, 6.07) is 16.2. The summed E-state index contributed by atoms with van der Waals surface area (Å²) in [4.78, 5) is 2.37. The fraction of sp³-hybridized carbons (Fsp3) is 0.294. The van der Waals surface area contributed by atoms with Gasteiger partial charge >= 0.3 is 0 Å². The van der Waals surface area contributed by atoms with E-state index >= 15 is 0 Å². The van der Waals surface area contributed by atoms with E-state index in [1.807, 2.05) is 24.3 Å². The summed E-state index contributed by atoms with van der Waals surface area (Å²) in [5.74, 6) is 0. The first-order valence-electron chi connectivity index (χ1n) is 6.96. The molecule has 0 radical (unpaired) electrons. The first-order chi connectivity index (χ1) is 9.71. The van der Waals surface area contributed by atoms with E-state index in [1.165, 1.54) is 11.1 Å². The highest BCUT2D eigenvalue weighted by atomic mass is 16.3. The van der Waals surface area contributed by atoms with E-state index in [4.69, 9.17) is 10.8 Å². The molecule has 3 heteroatoms. The van der Waals surface area contributed by atoms with Crippen LogP contribution in [0.3, 0.4) is 0 Å². The van der Waals surface area contributed by atoms with Crippen LogP contribution in [-0.4, -0.2) is 16.6 Å². The lowest BCUT2D eigenvalue weighted by Gasteiger charge is -2.20. The molecule has 0 spiro atoms. The average Bonchev–Trinajstić information content (AvgIpc) is 2.49. The van der Waals surface area contributed by atoms with E-state index in [0.717, 1.165) is 30.9 Å². The lowest BCUT2D eigenvalue weighted by atomic mass is 10.1. The van der Waals surface area contributed by atoms with Crippen molar-refractivity contribution >= 4 is 5.69 Å². The van der Waals surface area contributed by atoms with Crippen LogP contribution in [-0.2, 0) is 19.7 Å². The molecule has 106 valence electrons. The summed E-state index contributed by atoms with van der Waals surface area (Å²) >= 11 is 0. The molecule has 0 fully saturated rings. The van der Waals surface area contributed by atoms with Crippen molar-refractivity contribution in [3.63, 3.8) is 0 Å². The van der Waals surface area contributed by atoms with Crippen LogP contribution in [0.2, 0.25) is 0 Å². The fourth-order valence-electron chi connectivity index (χ4n) is 2.17. The maximum atomic E-state index is 9.05. The van der Waals surface area contributed by atoms with Crippen molar-refractivity contribution in [1.29, 1.82) is 0 Å². The molecule has 0 amide bonds. The summed E-state index contributed by atoms with van der Waals surface area (Å²) < 4.78 is 0. The molecule has 0 atom stereocenters. The second-order valence-electron chi connectivity index (χ2n) is 5.02. The van der Waals surface area contributed by atoms with Gasteiger partial charge in [-0.2, -0.15) is 0 Å². The van der Waals surface area contributed by atoms with Crippen molar-refractivity contribution in [3.05, 3.63) is 65.2 Å². The number of nitrogens with two attached hydrogens (primary N) is 1. The van der Waals surface area contributed by atoms with E-state index in [9.17, 15) is 0 Å². The van der Waals surface area contributed by atoms with E-state index in [0.29, 0.717) is 0 Å². The van der Waals surface area contributed by atoms with Gasteiger partial charge in [0.1, 0.15) is 0 Å². The molecular weight excluding hydrogens is 248 g/mol. The van der Waals surface area contributed by atoms with E-state index in [1.54, 1.807) is 0 Å². The topological polar surface area (TPSA) is 49.5 Å². The monoisotopic (exact) mass is 270 g/mol. The minimum Gasteiger partial charge on any atom is -0.399 e. The number of aliphatic hydroxyl groups excluding tert-OH is 1. The number of nitrogens with zero attached hydrogens (tertiary/aromatic N) is 1. The Morgan fingerprint density at radius 1 is 0.850 bits per heavy atom. The number of nitrogen functional groups attached to an aromatic ring is 1. The molecule has 20 heavy (non-hydrogen) atoms. The normalized spacial score (nSPS) is 10.9. The third-order valence-electron chi connectivity index (χ3n) is 3.44. The first kappa shape index (κ1) is 14.6. The van der Waals surface area contributed by atoms with Crippen LogP contribution >= 0.6 is 0 Å². The molecule has 0 aliphatic heterocycles. The molecule has 0 aliphatic rings. The highest BCUT2D eigenvalue weighted by Gasteiger charge is 2.05. The third kappa shape index (κ3) is 4.08. The van der Waals surface area contributed by atoms with E-state index < -0.39 is 0 Å². The third-order valence-corrected chi connectivity index (χ3v) is 3.44. The van der Waals surface area contributed by atoms with Crippen LogP contribution in [0, 0.1) is 0 Å². The molecule has 0 bridgehead atoms. The fourth-order valence-corrected chi connectivity index (χ4v) is 2.17. The second-order valence-corrected chi connectivity index (χ2v) is 5.02. The molecule has 2 aromatic carbocycles. The van der Waals surface area contributed by atoms with Crippen LogP contribution in [0.25, 0.3) is 0 Å². The second kappa shape index (κ2) is 7.08. The lowest BCUT2D eigenvalue weighted by Crippen LogP contribution is -2.22. The SMILES string of the molecule is CCN(Cc1ccc(N)cc1)Cc1ccc(CO)cc1. The highest BCUT2D eigenvalue weighted by Crippen LogP contribution is 2.12. The number of hydrogen-bond acceptors (Lipinski definition) is 3. The molecule has 0 aliphatic carbocycles. The lowest BCUT2D eigenvalue weighted by molar-refractivity contribution is 0.270. The van der Waals surface area contributed by atoms with Crippen molar-refractivity contribution in [2.24, 2.45) is 0 Å². The molecule has 0 saturated carbocycles. The molecule has 0 heterocycles. The van der Waals surface area contributed by atoms with Crippen LogP contribution in [0.5, 0.6) is 0 Å². The standard InChI is InChI=1S/C17H22N2O/c1-2-19(12-15-7-9-17(18)10-8-15)11-14-3-5-16(13-20)6-4-14/h3-10,20H,2,11-13,18H2,1H3. The Balaban J connectivity index is 1.99. The molecule has 3 nitrogen and oxygen atoms in total.